The maximum Gasteiger partial charge on any atom is 0.737 e. The number of nitrogens with one attached hydrogen (secondary N) is 1. The highest BCUT2D eigenvalue weighted by Crippen LogP contribution is 2.47. The van der Waals surface area contributed by atoms with E-state index in [1.165, 1.54) is 19.2 Å². The summed E-state index contributed by atoms with van der Waals surface area (Å²) in [4.78, 5) is 27.1. The lowest BCUT2D eigenvalue weighted by Crippen LogP contribution is -2.50. The van der Waals surface area contributed by atoms with Crippen molar-refractivity contribution in [3.63, 3.8) is 0 Å². The molecule has 0 spiro atoms. The number of para-hydroxylation sites is 1. The van der Waals surface area contributed by atoms with Crippen molar-refractivity contribution in [3.05, 3.63) is 131 Å². The molecule has 2 aliphatic rings. The number of benzene rings is 3. The molecule has 3 aromatic carbocycles. The smallest absolute Gasteiger partial charge is 0.462 e. The molecule has 0 unspecified atom stereocenters. The largest absolute Gasteiger partial charge is 0.737 e. The number of hydrogen-bond acceptors (Lipinski definition) is 5. The quantitative estimate of drug-likeness (QED) is 0.155. The first kappa shape index (κ1) is 30.5. The molecule has 0 atom stereocenters. The topological polar surface area (TPSA) is 72.6 Å². The number of anilines is 1. The Morgan fingerprint density at radius 2 is 1.41 bits per heavy atom. The van der Waals surface area contributed by atoms with Crippen LogP contribution in [-0.4, -0.2) is 46.8 Å². The number of halogens is 2. The third-order valence-electron chi connectivity index (χ3n) is 8.01. The van der Waals surface area contributed by atoms with Gasteiger partial charge in [-0.2, -0.15) is 0 Å². The van der Waals surface area contributed by atoms with Crippen LogP contribution in [0.1, 0.15) is 48.1 Å². The van der Waals surface area contributed by atoms with Gasteiger partial charge in [0, 0.05) is 41.8 Å². The summed E-state index contributed by atoms with van der Waals surface area (Å²) in [6, 6.07) is 27.1. The van der Waals surface area contributed by atoms with E-state index in [0.29, 0.717) is 22.3 Å². The molecule has 1 N–H and O–H groups in total. The molecule has 232 valence electrons. The fourth-order valence-corrected chi connectivity index (χ4v) is 6.19. The molecule has 0 fully saturated rings. The third-order valence-corrected chi connectivity index (χ3v) is 8.01. The predicted molar refractivity (Wildman–Crippen MR) is 177 cm³/mol. The molecule has 7 nitrogen and oxygen atoms in total. The molecule has 6 rings (SSSR count). The number of aromatic nitrogens is 1. The number of allylic oxidation sites excluding steroid dienone is 1. The lowest BCUT2D eigenvalue weighted by molar-refractivity contribution is -0.359. The van der Waals surface area contributed by atoms with Gasteiger partial charge in [0.05, 0.1) is 24.4 Å². The Morgan fingerprint density at radius 3 is 2.02 bits per heavy atom. The van der Waals surface area contributed by atoms with Crippen molar-refractivity contribution in [3.8, 4) is 11.1 Å². The number of ether oxygens (including phenoxy) is 2. The SMILES string of the molecule is CCOC(=O)C1=C(c2ccccc2)C2=Cc3c(-c4ccccc4)c(C(=O)OCC)c(/C=C/Nc4ccccc4)n3[B-](F)(F)[N+]2=C1C. The first-order valence-electron chi connectivity index (χ1n) is 15.1. The molecule has 0 radical (unpaired) electrons. The van der Waals surface area contributed by atoms with Gasteiger partial charge in [-0.1, -0.05) is 78.9 Å². The zero-order chi connectivity index (χ0) is 32.4. The van der Waals surface area contributed by atoms with Crippen molar-refractivity contribution in [2.45, 2.75) is 20.8 Å². The van der Waals surface area contributed by atoms with Gasteiger partial charge in [0.2, 0.25) is 0 Å². The van der Waals surface area contributed by atoms with Gasteiger partial charge in [0.15, 0.2) is 5.70 Å². The predicted octanol–water partition coefficient (Wildman–Crippen LogP) is 7.50. The standard InChI is InChI=1S/C36H32BF2N3O4/c1-4-45-35(43)31-24(3)41-29(32(31)25-15-9-6-10-16-25)23-30-33(26-17-11-7-12-18-26)34(36(44)46-5-2)28(42(30)37(41,38)39)21-22-40-27-19-13-8-14-20-27/h6-23,40H,4-5H2,1-3H3/b22-21+. The fourth-order valence-electron chi connectivity index (χ4n) is 6.19. The van der Waals surface area contributed by atoms with E-state index in [1.54, 1.807) is 68.5 Å². The van der Waals surface area contributed by atoms with Gasteiger partial charge in [-0.05, 0) is 43.2 Å². The molecule has 3 heterocycles. The van der Waals surface area contributed by atoms with E-state index in [2.05, 4.69) is 5.32 Å². The second-order valence-electron chi connectivity index (χ2n) is 10.7. The highest BCUT2D eigenvalue weighted by molar-refractivity contribution is 6.59. The number of nitrogens with zero attached hydrogens (tertiary/aromatic N) is 2. The van der Waals surface area contributed by atoms with E-state index in [-0.39, 0.29) is 47.1 Å². The monoisotopic (exact) mass is 619 g/mol. The van der Waals surface area contributed by atoms with E-state index in [9.17, 15) is 9.59 Å². The summed E-state index contributed by atoms with van der Waals surface area (Å²) in [5.74, 6) is -1.41. The minimum atomic E-state index is -4.67. The van der Waals surface area contributed by atoms with E-state index >= 15 is 8.63 Å². The number of hydrogen-bond donors (Lipinski definition) is 1. The van der Waals surface area contributed by atoms with E-state index in [0.717, 1.165) is 14.7 Å². The zero-order valence-corrected chi connectivity index (χ0v) is 25.7. The minimum Gasteiger partial charge on any atom is -0.462 e. The molecular formula is C36H32BF2N3O4. The third kappa shape index (κ3) is 5.15. The van der Waals surface area contributed by atoms with Crippen LogP contribution in [0.3, 0.4) is 0 Å². The van der Waals surface area contributed by atoms with Gasteiger partial charge in [0.25, 0.3) is 0 Å². The summed E-state index contributed by atoms with van der Waals surface area (Å²) in [6.45, 7) is 0.322. The van der Waals surface area contributed by atoms with Crippen LogP contribution < -0.4 is 5.32 Å². The fraction of sp³-hybridized carbons (Fsp3) is 0.139. The number of carbonyl (C=O) groups excluding carboxylic acids is 2. The Morgan fingerprint density at radius 1 is 0.848 bits per heavy atom. The van der Waals surface area contributed by atoms with Crippen molar-refractivity contribution in [2.75, 3.05) is 18.5 Å². The van der Waals surface area contributed by atoms with Gasteiger partial charge in [-0.15, -0.1) is 0 Å². The molecule has 0 bridgehead atoms. The molecule has 0 saturated heterocycles. The minimum absolute atomic E-state index is 0.0160. The van der Waals surface area contributed by atoms with E-state index in [4.69, 9.17) is 9.47 Å². The number of fused-ring (bicyclic) bond motifs is 2. The Hall–Kier alpha value is -5.51. The molecule has 1 aromatic heterocycles. The molecule has 2 aliphatic heterocycles. The second-order valence-corrected chi connectivity index (χ2v) is 10.7. The zero-order valence-electron chi connectivity index (χ0n) is 25.7. The number of rotatable bonds is 9. The molecular weight excluding hydrogens is 587 g/mol. The average molecular weight is 619 g/mol. The summed E-state index contributed by atoms with van der Waals surface area (Å²) in [5, 5.41) is 3.11. The molecule has 10 heteroatoms. The highest BCUT2D eigenvalue weighted by atomic mass is 19.2. The molecule has 0 saturated carbocycles. The van der Waals surface area contributed by atoms with Crippen LogP contribution in [-0.2, 0) is 14.3 Å². The Balaban J connectivity index is 1.68. The van der Waals surface area contributed by atoms with Gasteiger partial charge in [-0.3, -0.25) is 0 Å². The van der Waals surface area contributed by atoms with Crippen LogP contribution in [0.5, 0.6) is 0 Å². The van der Waals surface area contributed by atoms with Gasteiger partial charge in [-0.25, -0.2) is 9.59 Å². The van der Waals surface area contributed by atoms with Gasteiger partial charge >= 0.3 is 18.9 Å². The summed E-state index contributed by atoms with van der Waals surface area (Å²) >= 11 is 0. The second kappa shape index (κ2) is 12.5. The Bertz CT molecular complexity index is 1950. The molecule has 0 aliphatic carbocycles. The lowest BCUT2D eigenvalue weighted by atomic mass is 9.87. The summed E-state index contributed by atoms with van der Waals surface area (Å²) in [5.41, 5.74) is 2.92. The summed E-state index contributed by atoms with van der Waals surface area (Å²) in [6.07, 6.45) is 4.62. The van der Waals surface area contributed by atoms with Crippen LogP contribution in [0.4, 0.5) is 14.3 Å². The maximum atomic E-state index is 17.4. The van der Waals surface area contributed by atoms with Crippen molar-refractivity contribution in [1.29, 1.82) is 0 Å². The normalized spacial score (nSPS) is 15.0. The van der Waals surface area contributed by atoms with Crippen molar-refractivity contribution >= 4 is 48.0 Å². The van der Waals surface area contributed by atoms with Gasteiger partial charge < -0.3 is 32.4 Å². The van der Waals surface area contributed by atoms with Crippen LogP contribution >= 0.6 is 0 Å². The highest BCUT2D eigenvalue weighted by Gasteiger charge is 2.57. The lowest BCUT2D eigenvalue weighted by Gasteiger charge is -2.31. The molecule has 4 aromatic rings. The first-order valence-corrected chi connectivity index (χ1v) is 15.1. The van der Waals surface area contributed by atoms with Crippen LogP contribution in [0.2, 0.25) is 0 Å². The number of esters is 2. The number of carbonyl (C=O) groups is 2. The maximum absolute atomic E-state index is 17.4. The van der Waals surface area contributed by atoms with Crippen molar-refractivity contribution < 1.29 is 32.2 Å². The van der Waals surface area contributed by atoms with Crippen LogP contribution in [0, 0.1) is 0 Å². The van der Waals surface area contributed by atoms with Crippen LogP contribution in [0.25, 0.3) is 28.9 Å². The Kier molecular flexibility index (Phi) is 8.28. The summed E-state index contributed by atoms with van der Waals surface area (Å²) in [7, 11) is 0. The summed E-state index contributed by atoms with van der Waals surface area (Å²) < 4.78 is 47.4. The van der Waals surface area contributed by atoms with Crippen molar-refractivity contribution in [1.82, 2.24) is 4.48 Å². The van der Waals surface area contributed by atoms with E-state index < -0.39 is 18.9 Å². The van der Waals surface area contributed by atoms with E-state index in [1.807, 2.05) is 42.5 Å². The first-order chi connectivity index (χ1) is 22.3. The van der Waals surface area contributed by atoms with Gasteiger partial charge in [0.1, 0.15) is 11.3 Å². The molecule has 46 heavy (non-hydrogen) atoms. The van der Waals surface area contributed by atoms with Crippen LogP contribution in [0.15, 0.2) is 108 Å². The van der Waals surface area contributed by atoms with Crippen molar-refractivity contribution in [2.24, 2.45) is 0 Å². The Labute approximate surface area is 265 Å². The average Bonchev–Trinajstić information content (AvgIpc) is 3.55. The molecule has 0 amide bonds.